The lowest BCUT2D eigenvalue weighted by molar-refractivity contribution is -0.0402. The molecular formula is C14H21N3O3. The third kappa shape index (κ3) is 4.11. The van der Waals surface area contributed by atoms with Gasteiger partial charge in [0.25, 0.3) is 0 Å². The van der Waals surface area contributed by atoms with Crippen molar-refractivity contribution in [2.24, 2.45) is 5.73 Å². The summed E-state index contributed by atoms with van der Waals surface area (Å²) in [6, 6.07) is 4.98. The van der Waals surface area contributed by atoms with Crippen LogP contribution in [0.5, 0.6) is 5.75 Å². The Kier molecular flexibility index (Phi) is 4.81. The van der Waals surface area contributed by atoms with Gasteiger partial charge < -0.3 is 25.4 Å². The van der Waals surface area contributed by atoms with Gasteiger partial charge in [-0.3, -0.25) is 0 Å². The Balaban J connectivity index is 1.99. The summed E-state index contributed by atoms with van der Waals surface area (Å²) < 4.78 is 11.4. The van der Waals surface area contributed by atoms with Crippen LogP contribution < -0.4 is 15.8 Å². The van der Waals surface area contributed by atoms with Crippen molar-refractivity contribution in [3.63, 3.8) is 0 Å². The molecule has 3 N–H and O–H groups in total. The minimum absolute atomic E-state index is 0.0384. The average Bonchev–Trinajstić information content (AvgIpc) is 2.37. The van der Waals surface area contributed by atoms with Crippen LogP contribution in [-0.2, 0) is 4.74 Å². The van der Waals surface area contributed by atoms with Gasteiger partial charge in [-0.1, -0.05) is 6.07 Å². The van der Waals surface area contributed by atoms with E-state index in [1.807, 2.05) is 25.1 Å². The number of carbonyl (C=O) groups excluding carboxylic acids is 1. The second kappa shape index (κ2) is 6.58. The minimum atomic E-state index is -0.603. The summed E-state index contributed by atoms with van der Waals surface area (Å²) in [5.41, 5.74) is 6.77. The fourth-order valence-electron chi connectivity index (χ4n) is 2.15. The van der Waals surface area contributed by atoms with Crippen molar-refractivity contribution >= 4 is 11.7 Å². The summed E-state index contributed by atoms with van der Waals surface area (Å²) in [5.74, 6) is 0.603. The van der Waals surface area contributed by atoms with Crippen molar-refractivity contribution in [2.45, 2.75) is 13.0 Å². The molecule has 1 aromatic rings. The number of urea groups is 1. The van der Waals surface area contributed by atoms with Gasteiger partial charge in [0, 0.05) is 13.1 Å². The van der Waals surface area contributed by atoms with Crippen molar-refractivity contribution in [1.82, 2.24) is 4.90 Å². The van der Waals surface area contributed by atoms with Gasteiger partial charge in [0.15, 0.2) is 0 Å². The molecule has 0 aliphatic carbocycles. The molecule has 0 bridgehead atoms. The summed E-state index contributed by atoms with van der Waals surface area (Å²) in [7, 11) is 2.06. The molecule has 1 atom stereocenters. The highest BCUT2D eigenvalue weighted by atomic mass is 16.5. The Hall–Kier alpha value is -1.79. The number of ether oxygens (including phenoxy) is 2. The molecule has 0 saturated carbocycles. The normalized spacial score (nSPS) is 19.6. The second-order valence-corrected chi connectivity index (χ2v) is 5.05. The SMILES string of the molecule is Cc1ccc(OCC2CN(C)CCO2)c(NC(N)=O)c1. The Morgan fingerprint density at radius 2 is 2.40 bits per heavy atom. The lowest BCUT2D eigenvalue weighted by Gasteiger charge is -2.30. The van der Waals surface area contributed by atoms with Crippen LogP contribution in [0.15, 0.2) is 18.2 Å². The molecule has 6 heteroatoms. The van der Waals surface area contributed by atoms with E-state index in [2.05, 4.69) is 17.3 Å². The monoisotopic (exact) mass is 279 g/mol. The minimum Gasteiger partial charge on any atom is -0.489 e. The van der Waals surface area contributed by atoms with E-state index < -0.39 is 6.03 Å². The zero-order chi connectivity index (χ0) is 14.5. The molecule has 1 aliphatic rings. The van der Waals surface area contributed by atoms with Crippen molar-refractivity contribution in [3.8, 4) is 5.75 Å². The molecule has 2 rings (SSSR count). The number of likely N-dealkylation sites (N-methyl/N-ethyl adjacent to an activating group) is 1. The van der Waals surface area contributed by atoms with Gasteiger partial charge in [-0.2, -0.15) is 0 Å². The van der Waals surface area contributed by atoms with Gasteiger partial charge in [-0.05, 0) is 31.7 Å². The first-order valence-corrected chi connectivity index (χ1v) is 6.64. The summed E-state index contributed by atoms with van der Waals surface area (Å²) in [5, 5.41) is 2.57. The van der Waals surface area contributed by atoms with Crippen molar-refractivity contribution in [3.05, 3.63) is 23.8 Å². The average molecular weight is 279 g/mol. The van der Waals surface area contributed by atoms with Crippen LogP contribution in [-0.4, -0.2) is 50.4 Å². The molecule has 1 saturated heterocycles. The number of carbonyl (C=O) groups is 1. The molecule has 110 valence electrons. The van der Waals surface area contributed by atoms with Gasteiger partial charge in [0.1, 0.15) is 18.5 Å². The fourth-order valence-corrected chi connectivity index (χ4v) is 2.15. The quantitative estimate of drug-likeness (QED) is 0.868. The zero-order valence-electron chi connectivity index (χ0n) is 11.9. The molecule has 1 heterocycles. The number of hydrogen-bond acceptors (Lipinski definition) is 4. The van der Waals surface area contributed by atoms with Crippen molar-refractivity contribution in [2.75, 3.05) is 38.7 Å². The topological polar surface area (TPSA) is 76.8 Å². The maximum Gasteiger partial charge on any atom is 0.316 e. The number of benzene rings is 1. The van der Waals surface area contributed by atoms with Crippen LogP contribution in [0.25, 0.3) is 0 Å². The predicted octanol–water partition coefficient (Wildman–Crippen LogP) is 1.20. The molecule has 2 amide bonds. The number of anilines is 1. The van der Waals surface area contributed by atoms with Crippen molar-refractivity contribution < 1.29 is 14.3 Å². The summed E-state index contributed by atoms with van der Waals surface area (Å²) in [6.45, 7) is 4.88. The van der Waals surface area contributed by atoms with Gasteiger partial charge in [-0.25, -0.2) is 4.79 Å². The maximum absolute atomic E-state index is 11.0. The third-order valence-corrected chi connectivity index (χ3v) is 3.16. The third-order valence-electron chi connectivity index (χ3n) is 3.16. The fraction of sp³-hybridized carbons (Fsp3) is 0.500. The van der Waals surface area contributed by atoms with Crippen LogP contribution in [0.4, 0.5) is 10.5 Å². The van der Waals surface area contributed by atoms with E-state index >= 15 is 0 Å². The van der Waals surface area contributed by atoms with Gasteiger partial charge in [0.2, 0.25) is 0 Å². The second-order valence-electron chi connectivity index (χ2n) is 5.05. The van der Waals surface area contributed by atoms with E-state index in [9.17, 15) is 4.79 Å². The standard InChI is InChI=1S/C14H21N3O3/c1-10-3-4-13(12(7-10)16-14(15)18)20-9-11-8-17(2)5-6-19-11/h3-4,7,11H,5-6,8-9H2,1-2H3,(H3,15,16,18). The highest BCUT2D eigenvalue weighted by Gasteiger charge is 2.18. The van der Waals surface area contributed by atoms with E-state index in [0.29, 0.717) is 24.7 Å². The highest BCUT2D eigenvalue weighted by Crippen LogP contribution is 2.26. The van der Waals surface area contributed by atoms with Crippen LogP contribution in [0.3, 0.4) is 0 Å². The number of primary amides is 1. The smallest absolute Gasteiger partial charge is 0.316 e. The molecule has 6 nitrogen and oxygen atoms in total. The first-order valence-electron chi connectivity index (χ1n) is 6.64. The summed E-state index contributed by atoms with van der Waals surface area (Å²) in [4.78, 5) is 13.2. The summed E-state index contributed by atoms with van der Waals surface area (Å²) >= 11 is 0. The van der Waals surface area contributed by atoms with Crippen LogP contribution in [0.2, 0.25) is 0 Å². The highest BCUT2D eigenvalue weighted by molar-refractivity contribution is 5.89. The largest absolute Gasteiger partial charge is 0.489 e. The van der Waals surface area contributed by atoms with Crippen LogP contribution in [0.1, 0.15) is 5.56 Å². The number of amides is 2. The van der Waals surface area contributed by atoms with E-state index in [-0.39, 0.29) is 6.10 Å². The maximum atomic E-state index is 11.0. The number of hydrogen-bond donors (Lipinski definition) is 2. The number of rotatable bonds is 4. The Morgan fingerprint density at radius 3 is 3.10 bits per heavy atom. The number of nitrogens with one attached hydrogen (secondary N) is 1. The Labute approximate surface area is 118 Å². The number of nitrogens with two attached hydrogens (primary N) is 1. The lowest BCUT2D eigenvalue weighted by Crippen LogP contribution is -2.42. The van der Waals surface area contributed by atoms with Gasteiger partial charge in [-0.15, -0.1) is 0 Å². The number of aryl methyl sites for hydroxylation is 1. The molecule has 0 aromatic heterocycles. The van der Waals surface area contributed by atoms with Gasteiger partial charge >= 0.3 is 6.03 Å². The lowest BCUT2D eigenvalue weighted by atomic mass is 10.2. The Morgan fingerprint density at radius 1 is 1.60 bits per heavy atom. The number of morpholine rings is 1. The molecule has 1 aromatic carbocycles. The molecule has 1 fully saturated rings. The van der Waals surface area contributed by atoms with E-state index in [4.69, 9.17) is 15.2 Å². The summed E-state index contributed by atoms with van der Waals surface area (Å²) in [6.07, 6.45) is 0.0384. The molecule has 1 unspecified atom stereocenters. The van der Waals surface area contributed by atoms with Crippen LogP contribution >= 0.6 is 0 Å². The molecule has 0 radical (unpaired) electrons. The van der Waals surface area contributed by atoms with E-state index in [0.717, 1.165) is 18.7 Å². The van der Waals surface area contributed by atoms with Crippen molar-refractivity contribution in [1.29, 1.82) is 0 Å². The molecular weight excluding hydrogens is 258 g/mol. The van der Waals surface area contributed by atoms with E-state index in [1.165, 1.54) is 0 Å². The molecule has 0 spiro atoms. The Bertz CT molecular complexity index is 479. The zero-order valence-corrected chi connectivity index (χ0v) is 11.9. The molecule has 20 heavy (non-hydrogen) atoms. The first kappa shape index (κ1) is 14.6. The predicted molar refractivity (Wildman–Crippen MR) is 77.1 cm³/mol. The van der Waals surface area contributed by atoms with Crippen LogP contribution in [0, 0.1) is 6.92 Å². The first-order chi connectivity index (χ1) is 9.54. The van der Waals surface area contributed by atoms with Gasteiger partial charge in [0.05, 0.1) is 12.3 Å². The molecule has 1 aliphatic heterocycles. The van der Waals surface area contributed by atoms with E-state index in [1.54, 1.807) is 0 Å². The number of nitrogens with zero attached hydrogens (tertiary/aromatic N) is 1.